The molecule has 3 aromatic heterocycles. The van der Waals surface area contributed by atoms with Crippen LogP contribution in [-0.4, -0.2) is 73.8 Å². The van der Waals surface area contributed by atoms with Gasteiger partial charge in [-0.05, 0) is 51.7 Å². The first-order chi connectivity index (χ1) is 19.0. The first-order valence-corrected chi connectivity index (χ1v) is 14.2. The molecule has 4 atom stereocenters. The van der Waals surface area contributed by atoms with Gasteiger partial charge in [-0.25, -0.2) is 9.97 Å². The van der Waals surface area contributed by atoms with Crippen LogP contribution < -0.4 is 10.2 Å². The van der Waals surface area contributed by atoms with E-state index in [0.29, 0.717) is 48.9 Å². The minimum absolute atomic E-state index is 0.0174. The lowest BCUT2D eigenvalue weighted by molar-refractivity contribution is -0.133. The summed E-state index contributed by atoms with van der Waals surface area (Å²) in [5.41, 5.74) is 1.86. The van der Waals surface area contributed by atoms with Crippen molar-refractivity contribution in [2.45, 2.75) is 69.7 Å². The van der Waals surface area contributed by atoms with Gasteiger partial charge in [0, 0.05) is 30.1 Å². The SMILES string of the molecule is CC(C)n1cnnc1-c1cccc(N2CNC3CC(OCC4COC4)C(n4cnc(C5CC5)c4)CC3C2=O)n1. The van der Waals surface area contributed by atoms with Crippen molar-refractivity contribution in [3.63, 3.8) is 0 Å². The number of fused-ring (bicyclic) bond motifs is 1. The lowest BCUT2D eigenvalue weighted by atomic mass is 9.77. The molecule has 206 valence electrons. The first kappa shape index (κ1) is 24.9. The molecule has 7 rings (SSSR count). The average Bonchev–Trinajstić information content (AvgIpc) is 3.43. The van der Waals surface area contributed by atoms with Gasteiger partial charge in [0.1, 0.15) is 17.8 Å². The molecule has 1 N–H and O–H groups in total. The van der Waals surface area contributed by atoms with Crippen LogP contribution in [0.4, 0.5) is 5.82 Å². The number of rotatable bonds is 8. The van der Waals surface area contributed by atoms with Gasteiger partial charge in [0.2, 0.25) is 5.91 Å². The number of ether oxygens (including phenoxy) is 2. The largest absolute Gasteiger partial charge is 0.381 e. The molecule has 4 aliphatic rings. The molecule has 0 aromatic carbocycles. The molecule has 1 amide bonds. The van der Waals surface area contributed by atoms with Crippen molar-refractivity contribution in [3.8, 4) is 11.5 Å². The van der Waals surface area contributed by atoms with Crippen LogP contribution in [0.2, 0.25) is 0 Å². The fraction of sp³-hybridized carbons (Fsp3) is 0.607. The lowest BCUT2D eigenvalue weighted by Crippen LogP contribution is -2.61. The Hall–Kier alpha value is -3.15. The Labute approximate surface area is 227 Å². The molecule has 39 heavy (non-hydrogen) atoms. The maximum absolute atomic E-state index is 14.0. The van der Waals surface area contributed by atoms with E-state index in [1.807, 2.05) is 29.1 Å². The predicted octanol–water partition coefficient (Wildman–Crippen LogP) is 2.94. The zero-order chi connectivity index (χ0) is 26.5. The van der Waals surface area contributed by atoms with E-state index in [1.54, 1.807) is 11.2 Å². The highest BCUT2D eigenvalue weighted by atomic mass is 16.5. The van der Waals surface area contributed by atoms with E-state index in [1.165, 1.54) is 12.8 Å². The zero-order valence-corrected chi connectivity index (χ0v) is 22.5. The number of aromatic nitrogens is 6. The number of hydrogen-bond donors (Lipinski definition) is 1. The second-order valence-electron chi connectivity index (χ2n) is 11.7. The van der Waals surface area contributed by atoms with Crippen LogP contribution in [-0.2, 0) is 14.3 Å². The smallest absolute Gasteiger partial charge is 0.234 e. The number of amides is 1. The first-order valence-electron chi connectivity index (χ1n) is 14.2. The monoisotopic (exact) mass is 532 g/mol. The standard InChI is InChI=1S/C28H36N8O3/c1-17(2)35-16-31-33-27(35)21-4-3-5-26(32-21)36-15-30-22-9-25(39-13-18-11-38-12-18)24(8-20(22)28(36)37)34-10-23(29-14-34)19-6-7-19/h3-5,10,14,16-20,22,24-25,30H,6-9,11-13,15H2,1-2H3. The molecular weight excluding hydrogens is 496 g/mol. The van der Waals surface area contributed by atoms with Gasteiger partial charge in [-0.15, -0.1) is 10.2 Å². The summed E-state index contributed by atoms with van der Waals surface area (Å²) >= 11 is 0. The number of pyridine rings is 1. The molecule has 0 radical (unpaired) electrons. The van der Waals surface area contributed by atoms with Crippen LogP contribution in [0.25, 0.3) is 11.5 Å². The fourth-order valence-electron chi connectivity index (χ4n) is 6.09. The Morgan fingerprint density at radius 3 is 2.82 bits per heavy atom. The second kappa shape index (κ2) is 10.1. The third-order valence-electron chi connectivity index (χ3n) is 8.61. The van der Waals surface area contributed by atoms with Crippen molar-refractivity contribution < 1.29 is 14.3 Å². The van der Waals surface area contributed by atoms with Crippen LogP contribution in [0, 0.1) is 11.8 Å². The Kier molecular flexibility index (Phi) is 6.44. The van der Waals surface area contributed by atoms with E-state index in [9.17, 15) is 4.79 Å². The van der Waals surface area contributed by atoms with Crippen molar-refractivity contribution in [2.75, 3.05) is 31.4 Å². The molecule has 4 fully saturated rings. The van der Waals surface area contributed by atoms with Gasteiger partial charge >= 0.3 is 0 Å². The van der Waals surface area contributed by atoms with Gasteiger partial charge < -0.3 is 18.6 Å². The predicted molar refractivity (Wildman–Crippen MR) is 143 cm³/mol. The molecule has 4 unspecified atom stereocenters. The van der Waals surface area contributed by atoms with Crippen LogP contribution in [0.1, 0.15) is 63.2 Å². The van der Waals surface area contributed by atoms with Crippen LogP contribution in [0.3, 0.4) is 0 Å². The van der Waals surface area contributed by atoms with Gasteiger partial charge in [-0.3, -0.25) is 15.0 Å². The number of anilines is 1. The Morgan fingerprint density at radius 1 is 1.18 bits per heavy atom. The third-order valence-corrected chi connectivity index (χ3v) is 8.61. The van der Waals surface area contributed by atoms with E-state index >= 15 is 0 Å². The molecule has 11 heteroatoms. The van der Waals surface area contributed by atoms with Gasteiger partial charge in [0.15, 0.2) is 5.82 Å². The average molecular weight is 533 g/mol. The summed E-state index contributed by atoms with van der Waals surface area (Å²) in [4.78, 5) is 25.3. The topological polar surface area (TPSA) is 112 Å². The number of carbonyl (C=O) groups excluding carboxylic acids is 1. The van der Waals surface area contributed by atoms with Gasteiger partial charge in [0.25, 0.3) is 0 Å². The van der Waals surface area contributed by atoms with Crippen molar-refractivity contribution in [1.29, 1.82) is 0 Å². The fourth-order valence-corrected chi connectivity index (χ4v) is 6.09. The van der Waals surface area contributed by atoms with Crippen molar-refractivity contribution in [3.05, 3.63) is 42.7 Å². The van der Waals surface area contributed by atoms with Crippen molar-refractivity contribution >= 4 is 11.7 Å². The Bertz CT molecular complexity index is 1330. The summed E-state index contributed by atoms with van der Waals surface area (Å²) in [5, 5.41) is 12.0. The molecule has 5 heterocycles. The van der Waals surface area contributed by atoms with E-state index < -0.39 is 0 Å². The molecule has 2 saturated carbocycles. The van der Waals surface area contributed by atoms with E-state index in [2.05, 4.69) is 40.1 Å². The van der Waals surface area contributed by atoms with E-state index in [4.69, 9.17) is 19.4 Å². The minimum Gasteiger partial charge on any atom is -0.381 e. The number of nitrogens with zero attached hydrogens (tertiary/aromatic N) is 7. The zero-order valence-electron chi connectivity index (χ0n) is 22.5. The van der Waals surface area contributed by atoms with Crippen molar-refractivity contribution in [2.24, 2.45) is 11.8 Å². The summed E-state index contributed by atoms with van der Waals surface area (Å²) in [6.07, 6.45) is 9.76. The minimum atomic E-state index is -0.174. The Balaban J connectivity index is 1.13. The highest BCUT2D eigenvalue weighted by Crippen LogP contribution is 2.42. The molecule has 2 aliphatic heterocycles. The maximum atomic E-state index is 14.0. The van der Waals surface area contributed by atoms with Crippen LogP contribution in [0.5, 0.6) is 0 Å². The highest BCUT2D eigenvalue weighted by Gasteiger charge is 2.46. The molecule has 11 nitrogen and oxygen atoms in total. The normalized spacial score (nSPS) is 27.6. The molecule has 3 aromatic rings. The maximum Gasteiger partial charge on any atom is 0.234 e. The highest BCUT2D eigenvalue weighted by molar-refractivity contribution is 5.95. The van der Waals surface area contributed by atoms with Gasteiger partial charge in [-0.1, -0.05) is 6.07 Å². The van der Waals surface area contributed by atoms with Gasteiger partial charge in [-0.2, -0.15) is 0 Å². The molecular formula is C28H36N8O3. The number of hydrogen-bond acceptors (Lipinski definition) is 8. The molecule has 2 aliphatic carbocycles. The second-order valence-corrected chi connectivity index (χ2v) is 11.7. The molecule has 2 saturated heterocycles. The summed E-state index contributed by atoms with van der Waals surface area (Å²) in [6, 6.07) is 6.06. The third kappa shape index (κ3) is 4.76. The van der Waals surface area contributed by atoms with Crippen LogP contribution >= 0.6 is 0 Å². The number of carbonyl (C=O) groups is 1. The van der Waals surface area contributed by atoms with E-state index in [-0.39, 0.29) is 36.1 Å². The summed E-state index contributed by atoms with van der Waals surface area (Å²) in [5.74, 6) is 2.30. The van der Waals surface area contributed by atoms with E-state index in [0.717, 1.165) is 25.3 Å². The van der Waals surface area contributed by atoms with Crippen molar-refractivity contribution in [1.82, 2.24) is 34.6 Å². The summed E-state index contributed by atoms with van der Waals surface area (Å²) in [7, 11) is 0. The molecule has 0 spiro atoms. The van der Waals surface area contributed by atoms with Gasteiger partial charge in [0.05, 0.1) is 56.6 Å². The lowest BCUT2D eigenvalue weighted by Gasteiger charge is -2.46. The number of imidazole rings is 1. The molecule has 0 bridgehead atoms. The Morgan fingerprint density at radius 2 is 2.05 bits per heavy atom. The quantitative estimate of drug-likeness (QED) is 0.471. The van der Waals surface area contributed by atoms with Crippen LogP contribution in [0.15, 0.2) is 37.1 Å². The summed E-state index contributed by atoms with van der Waals surface area (Å²) < 4.78 is 16.0. The summed E-state index contributed by atoms with van der Waals surface area (Å²) in [6.45, 7) is 6.81. The number of nitrogens with one attached hydrogen (secondary N) is 1.